The fourth-order valence-electron chi connectivity index (χ4n) is 3.39. The first-order valence-corrected chi connectivity index (χ1v) is 10.1. The van der Waals surface area contributed by atoms with Crippen molar-refractivity contribution in [2.75, 3.05) is 6.61 Å². The van der Waals surface area contributed by atoms with Gasteiger partial charge < -0.3 is 14.4 Å². The minimum atomic E-state index is -1.31. The smallest absolute Gasteiger partial charge is 0.341 e. The van der Waals surface area contributed by atoms with E-state index in [0.717, 1.165) is 5.69 Å². The molecule has 0 spiro atoms. The molecule has 0 atom stereocenters. The Kier molecular flexibility index (Phi) is 6.53. The number of carboxylic acid groups (broad SMARTS) is 1. The van der Waals surface area contributed by atoms with Crippen LogP contribution in [0.15, 0.2) is 35.1 Å². The molecule has 2 aromatic heterocycles. The molecule has 0 fully saturated rings. The summed E-state index contributed by atoms with van der Waals surface area (Å²) < 4.78 is 9.05. The number of halogens is 2. The molecule has 0 radical (unpaired) electrons. The first-order chi connectivity index (χ1) is 14.3. The zero-order chi connectivity index (χ0) is 22.0. The lowest BCUT2D eigenvalue weighted by Gasteiger charge is -2.20. The molecule has 9 heteroatoms. The lowest BCUT2D eigenvalue weighted by molar-refractivity contribution is 0.0695. The van der Waals surface area contributed by atoms with E-state index in [0.29, 0.717) is 35.3 Å². The van der Waals surface area contributed by atoms with E-state index in [4.69, 9.17) is 27.9 Å². The van der Waals surface area contributed by atoms with Crippen molar-refractivity contribution in [1.82, 2.24) is 14.3 Å². The predicted molar refractivity (Wildman–Crippen MR) is 116 cm³/mol. The number of hydrogen-bond acceptors (Lipinski definition) is 4. The van der Waals surface area contributed by atoms with Gasteiger partial charge in [-0.3, -0.25) is 4.79 Å². The fourth-order valence-corrected chi connectivity index (χ4v) is 3.69. The molecular weight excluding hydrogens is 429 g/mol. The van der Waals surface area contributed by atoms with E-state index in [2.05, 4.69) is 5.10 Å². The molecule has 0 aliphatic carbocycles. The van der Waals surface area contributed by atoms with Crippen LogP contribution in [0, 0.1) is 6.92 Å². The second kappa shape index (κ2) is 8.93. The van der Waals surface area contributed by atoms with Crippen LogP contribution in [0.3, 0.4) is 0 Å². The molecule has 1 N–H and O–H groups in total. The number of hydrogen-bond donors (Lipinski definition) is 1. The van der Waals surface area contributed by atoms with Crippen molar-refractivity contribution < 1.29 is 14.6 Å². The number of carbonyl (C=O) groups is 1. The normalized spacial score (nSPS) is 11.0. The molecule has 2 heterocycles. The summed E-state index contributed by atoms with van der Waals surface area (Å²) in [5, 5.41) is 14.8. The van der Waals surface area contributed by atoms with E-state index in [1.807, 2.05) is 26.8 Å². The van der Waals surface area contributed by atoms with Gasteiger partial charge in [0.1, 0.15) is 5.56 Å². The maximum Gasteiger partial charge on any atom is 0.341 e. The Morgan fingerprint density at radius 3 is 2.50 bits per heavy atom. The van der Waals surface area contributed by atoms with E-state index in [9.17, 15) is 14.7 Å². The molecule has 3 aromatic rings. The topological polar surface area (TPSA) is 86.3 Å². The molecule has 0 unspecified atom stereocenters. The average Bonchev–Trinajstić information content (AvgIpc) is 3.02. The van der Waals surface area contributed by atoms with Crippen LogP contribution in [0.5, 0.6) is 5.88 Å². The van der Waals surface area contributed by atoms with Gasteiger partial charge in [-0.15, -0.1) is 0 Å². The Labute approximate surface area is 183 Å². The molecule has 0 saturated carbocycles. The zero-order valence-electron chi connectivity index (χ0n) is 16.8. The minimum absolute atomic E-state index is 0.237. The quantitative estimate of drug-likeness (QED) is 0.573. The van der Waals surface area contributed by atoms with Crippen molar-refractivity contribution in [2.45, 2.75) is 33.9 Å². The SMILES string of the molecule is CCOc1cc(C)nn1Cc1cc(=O)c(C(=O)O)c(-c2ccc(Cl)c(Cl)c2)n1CC. The van der Waals surface area contributed by atoms with Crippen LogP contribution in [0.2, 0.25) is 10.0 Å². The fraction of sp³-hybridized carbons (Fsp3) is 0.286. The van der Waals surface area contributed by atoms with Gasteiger partial charge in [0.25, 0.3) is 0 Å². The number of aryl methyl sites for hydroxylation is 1. The molecule has 1 aromatic carbocycles. The molecule has 0 saturated heterocycles. The van der Waals surface area contributed by atoms with Gasteiger partial charge in [-0.2, -0.15) is 5.10 Å². The lowest BCUT2D eigenvalue weighted by atomic mass is 10.0. The summed E-state index contributed by atoms with van der Waals surface area (Å²) >= 11 is 12.2. The maximum absolute atomic E-state index is 12.8. The number of ether oxygens (including phenoxy) is 1. The Hall–Kier alpha value is -2.77. The average molecular weight is 450 g/mol. The first kappa shape index (κ1) is 21.9. The van der Waals surface area contributed by atoms with Crippen molar-refractivity contribution in [3.8, 4) is 17.1 Å². The number of carboxylic acids is 1. The van der Waals surface area contributed by atoms with Gasteiger partial charge in [-0.1, -0.05) is 29.3 Å². The maximum atomic E-state index is 12.8. The Morgan fingerprint density at radius 2 is 1.90 bits per heavy atom. The van der Waals surface area contributed by atoms with Gasteiger partial charge in [-0.05, 0) is 32.9 Å². The Balaban J connectivity index is 2.26. The number of aromatic nitrogens is 3. The van der Waals surface area contributed by atoms with Crippen molar-refractivity contribution in [3.63, 3.8) is 0 Å². The van der Waals surface area contributed by atoms with Gasteiger partial charge in [0.05, 0.1) is 34.6 Å². The summed E-state index contributed by atoms with van der Waals surface area (Å²) in [4.78, 5) is 24.7. The molecule has 0 amide bonds. The number of benzene rings is 1. The summed E-state index contributed by atoms with van der Waals surface area (Å²) in [6.07, 6.45) is 0. The second-order valence-electron chi connectivity index (χ2n) is 6.62. The number of pyridine rings is 1. The van der Waals surface area contributed by atoms with E-state index in [-0.39, 0.29) is 22.8 Å². The van der Waals surface area contributed by atoms with E-state index in [1.165, 1.54) is 6.07 Å². The van der Waals surface area contributed by atoms with Crippen LogP contribution >= 0.6 is 23.2 Å². The molecule has 30 heavy (non-hydrogen) atoms. The third kappa shape index (κ3) is 4.22. The van der Waals surface area contributed by atoms with E-state index < -0.39 is 11.4 Å². The predicted octanol–water partition coefficient (Wildman–Crippen LogP) is 4.49. The summed E-state index contributed by atoms with van der Waals surface area (Å²) in [5.74, 6) is -0.733. The third-order valence-electron chi connectivity index (χ3n) is 4.59. The number of rotatable bonds is 7. The van der Waals surface area contributed by atoms with Crippen molar-refractivity contribution in [1.29, 1.82) is 0 Å². The second-order valence-corrected chi connectivity index (χ2v) is 7.43. The molecule has 3 rings (SSSR count). The van der Waals surface area contributed by atoms with E-state index >= 15 is 0 Å². The molecular formula is C21H21Cl2N3O4. The standard InChI is InChI=1S/C21H21Cl2N3O4/c1-4-25-14(11-26-18(30-5-2)8-12(3)24-26)10-17(27)19(21(28)29)20(25)13-6-7-15(22)16(23)9-13/h6-10H,4-5,11H2,1-3H3,(H,28,29). The molecule has 0 aliphatic heterocycles. The monoisotopic (exact) mass is 449 g/mol. The van der Waals surface area contributed by atoms with Gasteiger partial charge >= 0.3 is 5.97 Å². The van der Waals surface area contributed by atoms with Crippen LogP contribution in [0.25, 0.3) is 11.3 Å². The Bertz CT molecular complexity index is 1170. The zero-order valence-corrected chi connectivity index (χ0v) is 18.3. The first-order valence-electron chi connectivity index (χ1n) is 9.39. The Morgan fingerprint density at radius 1 is 1.17 bits per heavy atom. The van der Waals surface area contributed by atoms with Crippen LogP contribution in [0.4, 0.5) is 0 Å². The van der Waals surface area contributed by atoms with Gasteiger partial charge in [0.15, 0.2) is 5.43 Å². The number of aromatic carboxylic acids is 1. The highest BCUT2D eigenvalue weighted by atomic mass is 35.5. The summed E-state index contributed by atoms with van der Waals surface area (Å²) in [6, 6.07) is 7.93. The minimum Gasteiger partial charge on any atom is -0.478 e. The summed E-state index contributed by atoms with van der Waals surface area (Å²) in [7, 11) is 0. The largest absolute Gasteiger partial charge is 0.478 e. The van der Waals surface area contributed by atoms with Crippen LogP contribution in [-0.2, 0) is 13.1 Å². The van der Waals surface area contributed by atoms with Crippen molar-refractivity contribution in [2.24, 2.45) is 0 Å². The van der Waals surface area contributed by atoms with Gasteiger partial charge in [0.2, 0.25) is 5.88 Å². The lowest BCUT2D eigenvalue weighted by Crippen LogP contribution is -2.24. The highest BCUT2D eigenvalue weighted by molar-refractivity contribution is 6.42. The number of nitrogens with zero attached hydrogens (tertiary/aromatic N) is 3. The molecule has 0 bridgehead atoms. The van der Waals surface area contributed by atoms with Crippen LogP contribution in [0.1, 0.15) is 35.6 Å². The molecule has 158 valence electrons. The molecule has 0 aliphatic rings. The summed E-state index contributed by atoms with van der Waals surface area (Å²) in [6.45, 7) is 6.73. The summed E-state index contributed by atoms with van der Waals surface area (Å²) in [5.41, 5.74) is 1.22. The highest BCUT2D eigenvalue weighted by Crippen LogP contribution is 2.31. The van der Waals surface area contributed by atoms with Crippen LogP contribution in [-0.4, -0.2) is 32.0 Å². The molecule has 7 nitrogen and oxygen atoms in total. The van der Waals surface area contributed by atoms with Gasteiger partial charge in [0, 0.05) is 29.9 Å². The van der Waals surface area contributed by atoms with Gasteiger partial charge in [-0.25, -0.2) is 9.48 Å². The highest BCUT2D eigenvalue weighted by Gasteiger charge is 2.23. The van der Waals surface area contributed by atoms with E-state index in [1.54, 1.807) is 27.4 Å². The van der Waals surface area contributed by atoms with Crippen molar-refractivity contribution in [3.05, 3.63) is 67.6 Å². The third-order valence-corrected chi connectivity index (χ3v) is 5.33. The van der Waals surface area contributed by atoms with Crippen molar-refractivity contribution >= 4 is 29.2 Å². The van der Waals surface area contributed by atoms with Crippen LogP contribution < -0.4 is 10.2 Å².